The Morgan fingerprint density at radius 3 is 2.65 bits per heavy atom. The van der Waals surface area contributed by atoms with Gasteiger partial charge in [0.25, 0.3) is 0 Å². The summed E-state index contributed by atoms with van der Waals surface area (Å²) >= 11 is 1.80. The molecular formula is C19H22N2OS. The first-order valence-corrected chi connectivity index (χ1v) is 8.68. The lowest BCUT2D eigenvalue weighted by molar-refractivity contribution is -0.121. The molecule has 23 heavy (non-hydrogen) atoms. The molecule has 4 heteroatoms. The average molecular weight is 326 g/mol. The highest BCUT2D eigenvalue weighted by Crippen LogP contribution is 2.45. The number of aryl methyl sites for hydroxylation is 1. The lowest BCUT2D eigenvalue weighted by Crippen LogP contribution is -2.33. The Morgan fingerprint density at radius 1 is 1.13 bits per heavy atom. The monoisotopic (exact) mass is 326 g/mol. The van der Waals surface area contributed by atoms with Crippen LogP contribution in [-0.2, 0) is 4.79 Å². The van der Waals surface area contributed by atoms with E-state index in [1.165, 1.54) is 26.5 Å². The first kappa shape index (κ1) is 16.1. The van der Waals surface area contributed by atoms with E-state index in [4.69, 9.17) is 0 Å². The van der Waals surface area contributed by atoms with Gasteiger partial charge in [-0.1, -0.05) is 48.2 Å². The predicted octanol–water partition coefficient (Wildman–Crippen LogP) is 3.62. The highest BCUT2D eigenvalue weighted by molar-refractivity contribution is 7.99. The number of hydrogen-bond donors (Lipinski definition) is 1. The van der Waals surface area contributed by atoms with Gasteiger partial charge in [0.05, 0.1) is 6.04 Å². The van der Waals surface area contributed by atoms with Crippen LogP contribution in [0.3, 0.4) is 0 Å². The third-order valence-electron chi connectivity index (χ3n) is 4.09. The van der Waals surface area contributed by atoms with Crippen molar-refractivity contribution in [1.29, 1.82) is 0 Å². The number of hydrogen-bond acceptors (Lipinski definition) is 3. The molecule has 1 amide bonds. The molecule has 1 N–H and O–H groups in total. The van der Waals surface area contributed by atoms with Crippen LogP contribution in [0.25, 0.3) is 0 Å². The maximum absolute atomic E-state index is 12.4. The molecule has 1 unspecified atom stereocenters. The van der Waals surface area contributed by atoms with E-state index in [1.54, 1.807) is 11.8 Å². The van der Waals surface area contributed by atoms with Crippen molar-refractivity contribution in [3.8, 4) is 0 Å². The van der Waals surface area contributed by atoms with Crippen LogP contribution in [0.5, 0.6) is 0 Å². The van der Waals surface area contributed by atoms with Gasteiger partial charge in [-0.25, -0.2) is 0 Å². The number of amides is 1. The first-order valence-electron chi connectivity index (χ1n) is 7.86. The molecule has 3 nitrogen and oxygen atoms in total. The zero-order valence-electron chi connectivity index (χ0n) is 13.8. The quantitative estimate of drug-likeness (QED) is 0.931. The van der Waals surface area contributed by atoms with Gasteiger partial charge in [-0.15, -0.1) is 0 Å². The summed E-state index contributed by atoms with van der Waals surface area (Å²) in [5.74, 6) is 0.0952. The van der Waals surface area contributed by atoms with E-state index in [0.717, 1.165) is 6.54 Å². The zero-order chi connectivity index (χ0) is 16.4. The average Bonchev–Trinajstić information content (AvgIpc) is 2.54. The molecular weight excluding hydrogens is 304 g/mol. The lowest BCUT2D eigenvalue weighted by atomic mass is 9.96. The summed E-state index contributed by atoms with van der Waals surface area (Å²) in [6.07, 6.45) is 0.514. The minimum Gasteiger partial charge on any atom is -0.345 e. The Kier molecular flexibility index (Phi) is 4.74. The molecule has 3 rings (SSSR count). The zero-order valence-corrected chi connectivity index (χ0v) is 14.6. The molecule has 2 aromatic rings. The van der Waals surface area contributed by atoms with Crippen molar-refractivity contribution in [1.82, 2.24) is 10.2 Å². The van der Waals surface area contributed by atoms with E-state index >= 15 is 0 Å². The Balaban J connectivity index is 1.93. The van der Waals surface area contributed by atoms with Crippen LogP contribution in [0.4, 0.5) is 0 Å². The van der Waals surface area contributed by atoms with E-state index in [0.29, 0.717) is 6.42 Å². The third-order valence-corrected chi connectivity index (χ3v) is 5.44. The second kappa shape index (κ2) is 6.77. The van der Waals surface area contributed by atoms with E-state index in [9.17, 15) is 4.79 Å². The van der Waals surface area contributed by atoms with E-state index < -0.39 is 0 Å². The molecule has 0 saturated heterocycles. The summed E-state index contributed by atoms with van der Waals surface area (Å²) in [6.45, 7) is 2.89. The van der Waals surface area contributed by atoms with E-state index in [2.05, 4.69) is 48.6 Å². The van der Waals surface area contributed by atoms with Crippen molar-refractivity contribution in [3.05, 3.63) is 59.2 Å². The summed E-state index contributed by atoms with van der Waals surface area (Å²) in [7, 11) is 3.97. The number of nitrogens with zero attached hydrogens (tertiary/aromatic N) is 1. The molecule has 0 radical (unpaired) electrons. The van der Waals surface area contributed by atoms with E-state index in [1.807, 2.05) is 25.1 Å². The van der Waals surface area contributed by atoms with Crippen LogP contribution in [0.15, 0.2) is 52.3 Å². The second-order valence-corrected chi connectivity index (χ2v) is 7.24. The molecule has 0 fully saturated rings. The second-order valence-electron chi connectivity index (χ2n) is 6.19. The van der Waals surface area contributed by atoms with Gasteiger partial charge in [-0.3, -0.25) is 4.79 Å². The molecule has 120 valence electrons. The molecule has 1 heterocycles. The topological polar surface area (TPSA) is 32.3 Å². The van der Waals surface area contributed by atoms with Gasteiger partial charge in [0.2, 0.25) is 5.91 Å². The van der Waals surface area contributed by atoms with Crippen molar-refractivity contribution >= 4 is 17.7 Å². The fraction of sp³-hybridized carbons (Fsp3) is 0.316. The van der Waals surface area contributed by atoms with Crippen molar-refractivity contribution in [2.45, 2.75) is 29.2 Å². The molecule has 1 aliphatic heterocycles. The number of benzene rings is 2. The van der Waals surface area contributed by atoms with Crippen molar-refractivity contribution in [2.24, 2.45) is 0 Å². The Morgan fingerprint density at radius 2 is 1.87 bits per heavy atom. The smallest absolute Gasteiger partial charge is 0.222 e. The molecule has 2 aromatic carbocycles. The summed E-state index contributed by atoms with van der Waals surface area (Å²) in [4.78, 5) is 16.9. The molecule has 0 bridgehead atoms. The summed E-state index contributed by atoms with van der Waals surface area (Å²) in [5, 5.41) is 3.23. The van der Waals surface area contributed by atoms with Crippen molar-refractivity contribution in [3.63, 3.8) is 0 Å². The van der Waals surface area contributed by atoms with Crippen LogP contribution in [0, 0.1) is 6.92 Å². The van der Waals surface area contributed by atoms with Gasteiger partial charge in [0.1, 0.15) is 0 Å². The highest BCUT2D eigenvalue weighted by Gasteiger charge is 2.27. The fourth-order valence-corrected chi connectivity index (χ4v) is 4.05. The van der Waals surface area contributed by atoms with Gasteiger partial charge < -0.3 is 10.2 Å². The first-order chi connectivity index (χ1) is 11.1. The number of carbonyl (C=O) groups excluding carboxylic acids is 1. The van der Waals surface area contributed by atoms with Crippen LogP contribution < -0.4 is 5.32 Å². The highest BCUT2D eigenvalue weighted by atomic mass is 32.2. The minimum atomic E-state index is -0.0583. The molecule has 0 saturated carbocycles. The third kappa shape index (κ3) is 3.43. The van der Waals surface area contributed by atoms with Crippen LogP contribution >= 0.6 is 11.8 Å². The van der Waals surface area contributed by atoms with Crippen molar-refractivity contribution < 1.29 is 4.79 Å². The van der Waals surface area contributed by atoms with Gasteiger partial charge in [-0.2, -0.15) is 0 Å². The van der Waals surface area contributed by atoms with Crippen LogP contribution in [0.1, 0.15) is 29.2 Å². The maximum atomic E-state index is 12.4. The Bertz CT molecular complexity index is 727. The van der Waals surface area contributed by atoms with Crippen LogP contribution in [0.2, 0.25) is 0 Å². The SMILES string of the molecule is Cc1cccc2c1Sc1ccccc1C2NC(=O)CCN(C)C. The van der Waals surface area contributed by atoms with Gasteiger partial charge in [0.15, 0.2) is 0 Å². The summed E-state index contributed by atoms with van der Waals surface area (Å²) in [5.41, 5.74) is 3.65. The predicted molar refractivity (Wildman–Crippen MR) is 94.9 cm³/mol. The largest absolute Gasteiger partial charge is 0.345 e. The summed E-state index contributed by atoms with van der Waals surface area (Å²) in [6, 6.07) is 14.6. The van der Waals surface area contributed by atoms with E-state index in [-0.39, 0.29) is 11.9 Å². The molecule has 1 aliphatic rings. The molecule has 0 aliphatic carbocycles. The van der Waals surface area contributed by atoms with Gasteiger partial charge >= 0.3 is 0 Å². The number of fused-ring (bicyclic) bond motifs is 2. The lowest BCUT2D eigenvalue weighted by Gasteiger charge is -2.29. The fourth-order valence-electron chi connectivity index (χ4n) is 2.85. The standard InChI is InChI=1S/C19H22N2OS/c1-13-7-6-9-15-18(20-17(22)11-12-21(2)3)14-8-4-5-10-16(14)23-19(13)15/h4-10,18H,11-12H2,1-3H3,(H,20,22). The number of carbonyl (C=O) groups is 1. The molecule has 0 spiro atoms. The minimum absolute atomic E-state index is 0.0583. The summed E-state index contributed by atoms with van der Waals surface area (Å²) < 4.78 is 0. The normalized spacial score (nSPS) is 15.9. The molecule has 0 aromatic heterocycles. The Labute approximate surface area is 142 Å². The number of rotatable bonds is 4. The maximum Gasteiger partial charge on any atom is 0.222 e. The van der Waals surface area contributed by atoms with Gasteiger partial charge in [-0.05, 0) is 43.8 Å². The van der Waals surface area contributed by atoms with Crippen LogP contribution in [-0.4, -0.2) is 31.4 Å². The van der Waals surface area contributed by atoms with Crippen molar-refractivity contribution in [2.75, 3.05) is 20.6 Å². The molecule has 1 atom stereocenters. The number of nitrogens with one attached hydrogen (secondary N) is 1. The van der Waals surface area contributed by atoms with Gasteiger partial charge in [0, 0.05) is 22.8 Å². The Hall–Kier alpha value is -1.78.